The molecule has 0 saturated heterocycles. The quantitative estimate of drug-likeness (QED) is 0.742. The molecular weight excluding hydrogens is 185 g/mol. The first-order valence-corrected chi connectivity index (χ1v) is 5.37. The van der Waals surface area contributed by atoms with Crippen molar-refractivity contribution in [1.29, 1.82) is 0 Å². The summed E-state index contributed by atoms with van der Waals surface area (Å²) < 4.78 is 12.9. The molecule has 3 heteroatoms. The average Bonchev–Trinajstić information content (AvgIpc) is 2.16. The van der Waals surface area contributed by atoms with Gasteiger partial charge in [-0.1, -0.05) is 6.92 Å². The van der Waals surface area contributed by atoms with Crippen LogP contribution in [0.2, 0.25) is 0 Å². The van der Waals surface area contributed by atoms with Crippen molar-refractivity contribution in [2.75, 3.05) is 11.9 Å². The smallest absolute Gasteiger partial charge is 0.124 e. The van der Waals surface area contributed by atoms with Crippen molar-refractivity contribution < 1.29 is 4.39 Å². The molecule has 0 fully saturated rings. The molecule has 1 heterocycles. The third kappa shape index (κ3) is 1.80. The zero-order chi connectivity index (χ0) is 9.26. The van der Waals surface area contributed by atoms with Crippen LogP contribution in [0.1, 0.15) is 13.3 Å². The van der Waals surface area contributed by atoms with E-state index in [9.17, 15) is 4.39 Å². The highest BCUT2D eigenvalue weighted by molar-refractivity contribution is 8.00. The lowest BCUT2D eigenvalue weighted by atomic mass is 10.2. The van der Waals surface area contributed by atoms with Gasteiger partial charge < -0.3 is 5.32 Å². The molecule has 0 amide bonds. The van der Waals surface area contributed by atoms with Gasteiger partial charge in [0.1, 0.15) is 5.82 Å². The van der Waals surface area contributed by atoms with Crippen LogP contribution in [0.25, 0.3) is 0 Å². The Hall–Kier alpha value is -0.700. The van der Waals surface area contributed by atoms with E-state index in [1.54, 1.807) is 17.8 Å². The van der Waals surface area contributed by atoms with Crippen LogP contribution in [0.5, 0.6) is 0 Å². The molecule has 0 bridgehead atoms. The monoisotopic (exact) mass is 197 g/mol. The van der Waals surface area contributed by atoms with Gasteiger partial charge in [-0.2, -0.15) is 0 Å². The summed E-state index contributed by atoms with van der Waals surface area (Å²) in [7, 11) is 0. The molecule has 0 saturated carbocycles. The molecule has 1 atom stereocenters. The molecule has 1 aliphatic rings. The number of hydrogen-bond acceptors (Lipinski definition) is 2. The van der Waals surface area contributed by atoms with E-state index in [1.165, 1.54) is 6.07 Å². The SMILES string of the molecule is CCC1CNc2ccc(F)cc2S1. The molecule has 0 spiro atoms. The summed E-state index contributed by atoms with van der Waals surface area (Å²) in [6.07, 6.45) is 1.12. The fourth-order valence-electron chi connectivity index (χ4n) is 1.41. The number of benzene rings is 1. The van der Waals surface area contributed by atoms with Crippen LogP contribution in [-0.4, -0.2) is 11.8 Å². The summed E-state index contributed by atoms with van der Waals surface area (Å²) in [6.45, 7) is 3.14. The maximum absolute atomic E-state index is 12.9. The third-order valence-electron chi connectivity index (χ3n) is 2.21. The maximum Gasteiger partial charge on any atom is 0.124 e. The summed E-state index contributed by atoms with van der Waals surface area (Å²) in [5.74, 6) is -0.148. The highest BCUT2D eigenvalue weighted by atomic mass is 32.2. The molecule has 13 heavy (non-hydrogen) atoms. The van der Waals surface area contributed by atoms with Crippen LogP contribution in [-0.2, 0) is 0 Å². The van der Waals surface area contributed by atoms with Crippen molar-refractivity contribution in [3.05, 3.63) is 24.0 Å². The molecule has 0 radical (unpaired) electrons. The Morgan fingerprint density at radius 1 is 1.62 bits per heavy atom. The average molecular weight is 197 g/mol. The Kier molecular flexibility index (Phi) is 2.44. The lowest BCUT2D eigenvalue weighted by molar-refractivity contribution is 0.624. The van der Waals surface area contributed by atoms with Crippen molar-refractivity contribution in [1.82, 2.24) is 0 Å². The van der Waals surface area contributed by atoms with Crippen LogP contribution >= 0.6 is 11.8 Å². The van der Waals surface area contributed by atoms with E-state index >= 15 is 0 Å². The van der Waals surface area contributed by atoms with Gasteiger partial charge in [0.2, 0.25) is 0 Å². The van der Waals surface area contributed by atoms with Gasteiger partial charge in [0.25, 0.3) is 0 Å². The van der Waals surface area contributed by atoms with Crippen LogP contribution in [0.4, 0.5) is 10.1 Å². The molecule has 1 aromatic rings. The number of nitrogens with one attached hydrogen (secondary N) is 1. The summed E-state index contributed by atoms with van der Waals surface area (Å²) in [6, 6.07) is 4.91. The molecular formula is C10H12FNS. The van der Waals surface area contributed by atoms with Gasteiger partial charge in [0, 0.05) is 22.4 Å². The number of halogens is 1. The standard InChI is InChI=1S/C10H12FNS/c1-2-8-6-12-9-4-3-7(11)5-10(9)13-8/h3-5,8,12H,2,6H2,1H3. The fourth-order valence-corrected chi connectivity index (χ4v) is 2.55. The van der Waals surface area contributed by atoms with Gasteiger partial charge in [-0.05, 0) is 24.6 Å². The summed E-state index contributed by atoms with van der Waals surface area (Å²) in [5, 5.41) is 3.88. The summed E-state index contributed by atoms with van der Waals surface area (Å²) >= 11 is 1.77. The number of fused-ring (bicyclic) bond motifs is 1. The molecule has 1 nitrogen and oxygen atoms in total. The first-order valence-electron chi connectivity index (χ1n) is 4.49. The van der Waals surface area contributed by atoms with Crippen molar-refractivity contribution >= 4 is 17.4 Å². The Labute approximate surface area is 81.7 Å². The molecule has 1 aliphatic heterocycles. The second-order valence-electron chi connectivity index (χ2n) is 3.17. The van der Waals surface area contributed by atoms with Crippen LogP contribution in [0.15, 0.2) is 23.1 Å². The molecule has 1 aromatic carbocycles. The minimum absolute atomic E-state index is 0.148. The van der Waals surface area contributed by atoms with Crippen LogP contribution in [0, 0.1) is 5.82 Å². The molecule has 1 unspecified atom stereocenters. The van der Waals surface area contributed by atoms with Gasteiger partial charge in [0.05, 0.1) is 0 Å². The second kappa shape index (κ2) is 3.58. The van der Waals surface area contributed by atoms with Crippen LogP contribution in [0.3, 0.4) is 0 Å². The second-order valence-corrected chi connectivity index (χ2v) is 4.51. The molecule has 0 aliphatic carbocycles. The Balaban J connectivity index is 2.27. The summed E-state index contributed by atoms with van der Waals surface area (Å²) in [5.41, 5.74) is 1.07. The van der Waals surface area contributed by atoms with Crippen molar-refractivity contribution in [3.8, 4) is 0 Å². The Morgan fingerprint density at radius 3 is 3.23 bits per heavy atom. The zero-order valence-electron chi connectivity index (χ0n) is 7.51. The van der Waals surface area contributed by atoms with E-state index < -0.39 is 0 Å². The first-order chi connectivity index (χ1) is 6.29. The number of hydrogen-bond donors (Lipinski definition) is 1. The molecule has 2 rings (SSSR count). The van der Waals surface area contributed by atoms with E-state index in [0.717, 1.165) is 23.5 Å². The van der Waals surface area contributed by atoms with Gasteiger partial charge in [-0.15, -0.1) is 11.8 Å². The minimum atomic E-state index is -0.148. The van der Waals surface area contributed by atoms with Gasteiger partial charge in [0.15, 0.2) is 0 Å². The lowest BCUT2D eigenvalue weighted by Crippen LogP contribution is -2.20. The topological polar surface area (TPSA) is 12.0 Å². The normalized spacial score (nSPS) is 20.6. The summed E-state index contributed by atoms with van der Waals surface area (Å²) in [4.78, 5) is 1.04. The Morgan fingerprint density at radius 2 is 2.46 bits per heavy atom. The molecule has 0 aromatic heterocycles. The highest BCUT2D eigenvalue weighted by Gasteiger charge is 2.17. The van der Waals surface area contributed by atoms with Gasteiger partial charge in [-0.3, -0.25) is 0 Å². The van der Waals surface area contributed by atoms with E-state index in [0.29, 0.717) is 5.25 Å². The van der Waals surface area contributed by atoms with Crippen molar-refractivity contribution in [2.45, 2.75) is 23.5 Å². The predicted molar refractivity (Wildman–Crippen MR) is 54.8 cm³/mol. The van der Waals surface area contributed by atoms with Gasteiger partial charge >= 0.3 is 0 Å². The minimum Gasteiger partial charge on any atom is -0.383 e. The highest BCUT2D eigenvalue weighted by Crippen LogP contribution is 2.36. The van der Waals surface area contributed by atoms with Gasteiger partial charge in [-0.25, -0.2) is 4.39 Å². The number of rotatable bonds is 1. The fraction of sp³-hybridized carbons (Fsp3) is 0.400. The predicted octanol–water partition coefficient (Wildman–Crippen LogP) is 3.12. The largest absolute Gasteiger partial charge is 0.383 e. The molecule has 70 valence electrons. The van der Waals surface area contributed by atoms with E-state index in [-0.39, 0.29) is 5.82 Å². The van der Waals surface area contributed by atoms with Crippen LogP contribution < -0.4 is 5.32 Å². The third-order valence-corrected chi connectivity index (χ3v) is 3.64. The van der Waals surface area contributed by atoms with E-state index in [2.05, 4.69) is 12.2 Å². The zero-order valence-corrected chi connectivity index (χ0v) is 8.33. The number of anilines is 1. The maximum atomic E-state index is 12.9. The number of thioether (sulfide) groups is 1. The van der Waals surface area contributed by atoms with E-state index in [1.807, 2.05) is 6.07 Å². The van der Waals surface area contributed by atoms with E-state index in [4.69, 9.17) is 0 Å². The van der Waals surface area contributed by atoms with Crippen molar-refractivity contribution in [2.24, 2.45) is 0 Å². The lowest BCUT2D eigenvalue weighted by Gasteiger charge is -2.24. The van der Waals surface area contributed by atoms with Crippen molar-refractivity contribution in [3.63, 3.8) is 0 Å². The molecule has 1 N–H and O–H groups in total. The Bertz CT molecular complexity index is 314. The first kappa shape index (κ1) is 8.88.